The molecule has 0 amide bonds. The Morgan fingerprint density at radius 3 is 2.55 bits per heavy atom. The molecule has 3 nitrogen and oxygen atoms in total. The van der Waals surface area contributed by atoms with Gasteiger partial charge in [0.15, 0.2) is 0 Å². The molecule has 1 aromatic heterocycles. The summed E-state index contributed by atoms with van der Waals surface area (Å²) in [4.78, 5) is 0. The van der Waals surface area contributed by atoms with Crippen LogP contribution in [0.2, 0.25) is 0 Å². The predicted octanol–water partition coefficient (Wildman–Crippen LogP) is 3.02. The van der Waals surface area contributed by atoms with Crippen molar-refractivity contribution in [2.24, 2.45) is 0 Å². The highest BCUT2D eigenvalue weighted by atomic mass is 19.1. The molecule has 1 aromatic carbocycles. The molecule has 0 saturated carbocycles. The first-order chi connectivity index (χ1) is 9.45. The summed E-state index contributed by atoms with van der Waals surface area (Å²) >= 11 is 0. The number of aromatic nitrogens is 2. The Hall–Kier alpha value is -1.88. The van der Waals surface area contributed by atoms with Crippen molar-refractivity contribution >= 4 is 0 Å². The van der Waals surface area contributed by atoms with Gasteiger partial charge in [-0.25, -0.2) is 8.78 Å². The van der Waals surface area contributed by atoms with E-state index in [9.17, 15) is 13.9 Å². The number of hydrogen-bond donors (Lipinski definition) is 1. The molecular weight excluding hydrogens is 262 g/mol. The minimum atomic E-state index is -1.39. The second kappa shape index (κ2) is 5.63. The van der Waals surface area contributed by atoms with Crippen LogP contribution in [0.3, 0.4) is 0 Å². The molecule has 1 atom stereocenters. The molecule has 0 spiro atoms. The van der Waals surface area contributed by atoms with Crippen molar-refractivity contribution in [3.63, 3.8) is 0 Å². The molecule has 0 radical (unpaired) electrons. The lowest BCUT2D eigenvalue weighted by atomic mass is 9.96. The molecule has 0 fully saturated rings. The van der Waals surface area contributed by atoms with Crippen molar-refractivity contribution in [3.8, 4) is 0 Å². The van der Waals surface area contributed by atoms with E-state index in [1.54, 1.807) is 13.0 Å². The Labute approximate surface area is 116 Å². The molecular formula is C15H16F2N2O. The summed E-state index contributed by atoms with van der Waals surface area (Å²) in [5.41, 5.74) is 1.46. The Morgan fingerprint density at radius 1 is 1.20 bits per heavy atom. The van der Waals surface area contributed by atoms with E-state index in [0.29, 0.717) is 23.4 Å². The third-order valence-corrected chi connectivity index (χ3v) is 3.25. The maximum Gasteiger partial charge on any atom is 0.135 e. The van der Waals surface area contributed by atoms with E-state index in [-0.39, 0.29) is 11.1 Å². The average Bonchev–Trinajstić information content (AvgIpc) is 2.43. The van der Waals surface area contributed by atoms with Gasteiger partial charge in [-0.15, -0.1) is 0 Å². The third kappa shape index (κ3) is 2.54. The van der Waals surface area contributed by atoms with Crippen molar-refractivity contribution in [1.82, 2.24) is 10.2 Å². The van der Waals surface area contributed by atoms with Gasteiger partial charge in [0.1, 0.15) is 17.7 Å². The molecule has 0 saturated heterocycles. The van der Waals surface area contributed by atoms with Crippen molar-refractivity contribution in [2.45, 2.75) is 33.3 Å². The first-order valence-electron chi connectivity index (χ1n) is 6.41. The second-order valence-electron chi connectivity index (χ2n) is 4.74. The molecule has 0 aliphatic carbocycles. The first-order valence-corrected chi connectivity index (χ1v) is 6.41. The van der Waals surface area contributed by atoms with Gasteiger partial charge < -0.3 is 5.11 Å². The molecule has 0 aliphatic heterocycles. The van der Waals surface area contributed by atoms with E-state index in [2.05, 4.69) is 10.2 Å². The van der Waals surface area contributed by atoms with E-state index in [1.165, 1.54) is 13.0 Å². The van der Waals surface area contributed by atoms with Gasteiger partial charge in [-0.2, -0.15) is 10.2 Å². The minimum absolute atomic E-state index is 0.289. The van der Waals surface area contributed by atoms with Crippen LogP contribution in [0.1, 0.15) is 41.1 Å². The van der Waals surface area contributed by atoms with Crippen molar-refractivity contribution in [2.75, 3.05) is 0 Å². The molecule has 106 valence electrons. The van der Waals surface area contributed by atoms with E-state index in [1.807, 2.05) is 6.92 Å². The van der Waals surface area contributed by atoms with Crippen LogP contribution in [0.5, 0.6) is 0 Å². The van der Waals surface area contributed by atoms with E-state index in [0.717, 1.165) is 6.07 Å². The second-order valence-corrected chi connectivity index (χ2v) is 4.74. The van der Waals surface area contributed by atoms with Crippen molar-refractivity contribution < 1.29 is 13.9 Å². The van der Waals surface area contributed by atoms with Crippen LogP contribution >= 0.6 is 0 Å². The summed E-state index contributed by atoms with van der Waals surface area (Å²) in [7, 11) is 0. The monoisotopic (exact) mass is 278 g/mol. The summed E-state index contributed by atoms with van der Waals surface area (Å²) in [6, 6.07) is 4.11. The molecule has 1 heterocycles. The number of rotatable bonds is 3. The molecule has 2 aromatic rings. The number of halogens is 2. The van der Waals surface area contributed by atoms with Crippen LogP contribution in [-0.2, 0) is 6.42 Å². The normalized spacial score (nSPS) is 12.5. The lowest BCUT2D eigenvalue weighted by Crippen LogP contribution is -2.11. The first kappa shape index (κ1) is 14.5. The molecule has 2 rings (SSSR count). The molecule has 5 heteroatoms. The van der Waals surface area contributed by atoms with Crippen LogP contribution < -0.4 is 0 Å². The number of aliphatic hydroxyl groups is 1. The van der Waals surface area contributed by atoms with E-state index < -0.39 is 17.7 Å². The number of hydrogen-bond acceptors (Lipinski definition) is 3. The van der Waals surface area contributed by atoms with Gasteiger partial charge >= 0.3 is 0 Å². The molecule has 20 heavy (non-hydrogen) atoms. The van der Waals surface area contributed by atoms with Gasteiger partial charge in [-0.1, -0.05) is 13.0 Å². The highest BCUT2D eigenvalue weighted by Gasteiger charge is 2.23. The zero-order valence-corrected chi connectivity index (χ0v) is 11.6. The van der Waals surface area contributed by atoms with Crippen LogP contribution in [0.15, 0.2) is 18.2 Å². The lowest BCUT2D eigenvalue weighted by Gasteiger charge is -2.17. The third-order valence-electron chi connectivity index (χ3n) is 3.25. The number of aryl methyl sites for hydroxylation is 3. The molecule has 0 aliphatic rings. The highest BCUT2D eigenvalue weighted by Crippen LogP contribution is 2.30. The Bertz CT molecular complexity index is 644. The topological polar surface area (TPSA) is 46.0 Å². The van der Waals surface area contributed by atoms with Crippen molar-refractivity contribution in [3.05, 3.63) is 57.9 Å². The fourth-order valence-corrected chi connectivity index (χ4v) is 2.13. The van der Waals surface area contributed by atoms with Gasteiger partial charge in [-0.3, -0.25) is 0 Å². The summed E-state index contributed by atoms with van der Waals surface area (Å²) in [5, 5.41) is 18.2. The zero-order valence-electron chi connectivity index (χ0n) is 11.6. The fourth-order valence-electron chi connectivity index (χ4n) is 2.13. The molecule has 1 unspecified atom stereocenters. The summed E-state index contributed by atoms with van der Waals surface area (Å²) < 4.78 is 28.0. The van der Waals surface area contributed by atoms with Crippen LogP contribution in [0, 0.1) is 25.5 Å². The van der Waals surface area contributed by atoms with Crippen LogP contribution in [-0.4, -0.2) is 15.3 Å². The Kier molecular flexibility index (Phi) is 4.09. The lowest BCUT2D eigenvalue weighted by molar-refractivity contribution is 0.206. The van der Waals surface area contributed by atoms with Gasteiger partial charge in [0.05, 0.1) is 17.0 Å². The average molecular weight is 278 g/mol. The van der Waals surface area contributed by atoms with Gasteiger partial charge in [0.25, 0.3) is 0 Å². The summed E-state index contributed by atoms with van der Waals surface area (Å²) in [5.74, 6) is -1.49. The van der Waals surface area contributed by atoms with Crippen LogP contribution in [0.4, 0.5) is 8.78 Å². The standard InChI is InChI=1S/C15H16F2N2O/c1-4-12-10(7-9(3)18-19-12)15(20)13-11(16)6-5-8(2)14(13)17/h5-7,15,20H,4H2,1-3H3. The van der Waals surface area contributed by atoms with Gasteiger partial charge in [0.2, 0.25) is 0 Å². The van der Waals surface area contributed by atoms with Gasteiger partial charge in [0, 0.05) is 5.56 Å². The number of aliphatic hydroxyl groups excluding tert-OH is 1. The largest absolute Gasteiger partial charge is 0.383 e. The summed E-state index contributed by atoms with van der Waals surface area (Å²) in [6.07, 6.45) is -0.867. The van der Waals surface area contributed by atoms with E-state index in [4.69, 9.17) is 0 Å². The smallest absolute Gasteiger partial charge is 0.135 e. The fraction of sp³-hybridized carbons (Fsp3) is 0.333. The van der Waals surface area contributed by atoms with Gasteiger partial charge in [-0.05, 0) is 38.0 Å². The number of benzene rings is 1. The molecule has 0 bridgehead atoms. The highest BCUT2D eigenvalue weighted by molar-refractivity contribution is 5.36. The SMILES string of the molecule is CCc1nnc(C)cc1C(O)c1c(F)ccc(C)c1F. The van der Waals surface area contributed by atoms with E-state index >= 15 is 0 Å². The number of nitrogens with zero attached hydrogens (tertiary/aromatic N) is 2. The maximum atomic E-state index is 14.1. The summed E-state index contributed by atoms with van der Waals surface area (Å²) in [6.45, 7) is 5.09. The Balaban J connectivity index is 2.60. The Morgan fingerprint density at radius 2 is 1.90 bits per heavy atom. The predicted molar refractivity (Wildman–Crippen MR) is 71.3 cm³/mol. The maximum absolute atomic E-state index is 14.1. The quantitative estimate of drug-likeness (QED) is 0.938. The molecule has 1 N–H and O–H groups in total. The minimum Gasteiger partial charge on any atom is -0.383 e. The van der Waals surface area contributed by atoms with Crippen molar-refractivity contribution in [1.29, 1.82) is 0 Å². The zero-order chi connectivity index (χ0) is 14.9. The van der Waals surface area contributed by atoms with Crippen LogP contribution in [0.25, 0.3) is 0 Å².